The Balaban J connectivity index is 0.00000225. The van der Waals surface area contributed by atoms with Gasteiger partial charge in [-0.3, -0.25) is 0 Å². The van der Waals surface area contributed by atoms with Gasteiger partial charge < -0.3 is 5.32 Å². The zero-order valence-electron chi connectivity index (χ0n) is 15.7. The Morgan fingerprint density at radius 1 is 0.920 bits per heavy atom. The third-order valence-electron chi connectivity index (χ3n) is 6.61. The van der Waals surface area contributed by atoms with Gasteiger partial charge in [0.1, 0.15) is 0 Å². The largest absolute Gasteiger partial charge is 0.317 e. The van der Waals surface area contributed by atoms with E-state index in [9.17, 15) is 8.42 Å². The molecule has 25 heavy (non-hydrogen) atoms. The summed E-state index contributed by atoms with van der Waals surface area (Å²) in [7, 11) is -3.24. The van der Waals surface area contributed by atoms with E-state index in [-0.39, 0.29) is 12.4 Å². The second-order valence-corrected chi connectivity index (χ2v) is 10.0. The summed E-state index contributed by atoms with van der Waals surface area (Å²) in [6, 6.07) is 0. The van der Waals surface area contributed by atoms with Crippen LogP contribution in [-0.2, 0) is 10.2 Å². The average Bonchev–Trinajstić information content (AvgIpc) is 2.61. The Kier molecular flexibility index (Phi) is 8.02. The van der Waals surface area contributed by atoms with Gasteiger partial charge in [-0.25, -0.2) is 0 Å². The minimum atomic E-state index is -3.24. The van der Waals surface area contributed by atoms with Gasteiger partial charge in [-0.1, -0.05) is 26.2 Å². The monoisotopic (exact) mass is 393 g/mol. The van der Waals surface area contributed by atoms with E-state index in [1.807, 2.05) is 0 Å². The van der Waals surface area contributed by atoms with E-state index in [1.54, 1.807) is 8.61 Å². The van der Waals surface area contributed by atoms with Crippen molar-refractivity contribution in [3.63, 3.8) is 0 Å². The summed E-state index contributed by atoms with van der Waals surface area (Å²) in [6.45, 7) is 7.00. The van der Waals surface area contributed by atoms with Crippen molar-refractivity contribution in [1.29, 1.82) is 0 Å². The zero-order chi connectivity index (χ0) is 17.0. The third kappa shape index (κ3) is 5.10. The highest BCUT2D eigenvalue weighted by atomic mass is 35.5. The summed E-state index contributed by atoms with van der Waals surface area (Å²) < 4.78 is 29.5. The van der Waals surface area contributed by atoms with E-state index in [4.69, 9.17) is 0 Å². The number of hydrogen-bond donors (Lipinski definition) is 1. The summed E-state index contributed by atoms with van der Waals surface area (Å²) in [5.74, 6) is 0.628. The average molecular weight is 394 g/mol. The molecule has 3 fully saturated rings. The van der Waals surface area contributed by atoms with Crippen molar-refractivity contribution in [1.82, 2.24) is 13.9 Å². The fourth-order valence-corrected chi connectivity index (χ4v) is 6.49. The van der Waals surface area contributed by atoms with E-state index in [0.29, 0.717) is 24.4 Å². The standard InChI is InChI=1S/C18H35N3O2S.ClH/c1-2-19-16-17-6-12-20(13-7-17)24(22,23)21-14-10-18(11-15-21)8-4-3-5-9-18;/h17,19H,2-16H2,1H3;1H. The summed E-state index contributed by atoms with van der Waals surface area (Å²) in [6.07, 6.45) is 10.8. The van der Waals surface area contributed by atoms with E-state index >= 15 is 0 Å². The highest BCUT2D eigenvalue weighted by Crippen LogP contribution is 2.45. The molecule has 1 spiro atoms. The Morgan fingerprint density at radius 2 is 1.48 bits per heavy atom. The first kappa shape index (κ1) is 21.4. The first-order chi connectivity index (χ1) is 11.6. The number of rotatable bonds is 5. The van der Waals surface area contributed by atoms with Gasteiger partial charge >= 0.3 is 0 Å². The van der Waals surface area contributed by atoms with Crippen LogP contribution in [0.3, 0.4) is 0 Å². The molecule has 0 aromatic carbocycles. The predicted octanol–water partition coefficient (Wildman–Crippen LogP) is 3.02. The first-order valence-corrected chi connectivity index (χ1v) is 11.4. The minimum Gasteiger partial charge on any atom is -0.317 e. The van der Waals surface area contributed by atoms with Crippen molar-refractivity contribution in [2.24, 2.45) is 11.3 Å². The fourth-order valence-electron chi connectivity index (χ4n) is 4.85. The van der Waals surface area contributed by atoms with Crippen LogP contribution in [0, 0.1) is 11.3 Å². The van der Waals surface area contributed by atoms with Crippen molar-refractivity contribution in [2.45, 2.75) is 64.7 Å². The van der Waals surface area contributed by atoms with Gasteiger partial charge in [0.25, 0.3) is 10.2 Å². The van der Waals surface area contributed by atoms with Gasteiger partial charge in [-0.2, -0.15) is 17.0 Å². The Labute approximate surface area is 160 Å². The number of hydrogen-bond acceptors (Lipinski definition) is 3. The summed E-state index contributed by atoms with van der Waals surface area (Å²) in [5.41, 5.74) is 0.461. The minimum absolute atomic E-state index is 0. The summed E-state index contributed by atoms with van der Waals surface area (Å²) in [4.78, 5) is 0. The molecule has 0 bridgehead atoms. The second-order valence-electron chi connectivity index (χ2n) is 8.12. The smallest absolute Gasteiger partial charge is 0.281 e. The van der Waals surface area contributed by atoms with Gasteiger partial charge in [-0.15, -0.1) is 12.4 Å². The molecular weight excluding hydrogens is 358 g/mol. The number of halogens is 1. The molecule has 3 aliphatic rings. The van der Waals surface area contributed by atoms with Crippen LogP contribution in [0.25, 0.3) is 0 Å². The van der Waals surface area contributed by atoms with Crippen LogP contribution in [0.5, 0.6) is 0 Å². The number of piperidine rings is 2. The molecule has 1 N–H and O–H groups in total. The van der Waals surface area contributed by atoms with E-state index in [0.717, 1.165) is 51.9 Å². The van der Waals surface area contributed by atoms with Crippen molar-refractivity contribution >= 4 is 22.6 Å². The van der Waals surface area contributed by atoms with Gasteiger partial charge in [-0.05, 0) is 62.9 Å². The maximum atomic E-state index is 13.0. The summed E-state index contributed by atoms with van der Waals surface area (Å²) >= 11 is 0. The molecule has 7 heteroatoms. The fraction of sp³-hybridized carbons (Fsp3) is 1.00. The number of nitrogens with zero attached hydrogens (tertiary/aromatic N) is 2. The third-order valence-corrected chi connectivity index (χ3v) is 8.64. The molecule has 2 aliphatic heterocycles. The molecule has 0 unspecified atom stereocenters. The highest BCUT2D eigenvalue weighted by Gasteiger charge is 2.40. The van der Waals surface area contributed by atoms with Crippen LogP contribution < -0.4 is 5.32 Å². The zero-order valence-corrected chi connectivity index (χ0v) is 17.3. The van der Waals surface area contributed by atoms with Crippen LogP contribution >= 0.6 is 12.4 Å². The number of nitrogens with one attached hydrogen (secondary N) is 1. The van der Waals surface area contributed by atoms with Crippen molar-refractivity contribution < 1.29 is 8.42 Å². The first-order valence-electron chi connectivity index (χ1n) is 10.0. The molecular formula is C18H36ClN3O2S. The molecule has 1 saturated carbocycles. The molecule has 3 rings (SSSR count). The lowest BCUT2D eigenvalue weighted by atomic mass is 9.68. The van der Waals surface area contributed by atoms with Crippen molar-refractivity contribution in [3.8, 4) is 0 Å². The molecule has 0 atom stereocenters. The second kappa shape index (κ2) is 9.36. The topological polar surface area (TPSA) is 52.7 Å². The van der Waals surface area contributed by atoms with Gasteiger partial charge in [0.15, 0.2) is 0 Å². The van der Waals surface area contributed by atoms with Crippen LogP contribution in [0.15, 0.2) is 0 Å². The lowest BCUT2D eigenvalue weighted by Crippen LogP contribution is -2.51. The van der Waals surface area contributed by atoms with Gasteiger partial charge in [0.05, 0.1) is 0 Å². The maximum absolute atomic E-state index is 13.0. The van der Waals surface area contributed by atoms with Crippen molar-refractivity contribution in [3.05, 3.63) is 0 Å². The Hall–Kier alpha value is 0.120. The molecule has 2 saturated heterocycles. The molecule has 0 radical (unpaired) electrons. The lowest BCUT2D eigenvalue weighted by molar-refractivity contribution is 0.0983. The van der Waals surface area contributed by atoms with E-state index in [2.05, 4.69) is 12.2 Å². The highest BCUT2D eigenvalue weighted by molar-refractivity contribution is 7.86. The van der Waals surface area contributed by atoms with Crippen LogP contribution in [0.2, 0.25) is 0 Å². The van der Waals surface area contributed by atoms with Crippen LogP contribution in [-0.4, -0.2) is 56.3 Å². The molecule has 1 aliphatic carbocycles. The van der Waals surface area contributed by atoms with Crippen LogP contribution in [0.1, 0.15) is 64.7 Å². The molecule has 0 amide bonds. The summed E-state index contributed by atoms with van der Waals surface area (Å²) in [5, 5.41) is 3.39. The van der Waals surface area contributed by atoms with Crippen molar-refractivity contribution in [2.75, 3.05) is 39.3 Å². The molecule has 148 valence electrons. The van der Waals surface area contributed by atoms with Crippen LogP contribution in [0.4, 0.5) is 0 Å². The normalized spacial score (nSPS) is 26.4. The molecule has 2 heterocycles. The quantitative estimate of drug-likeness (QED) is 0.781. The Morgan fingerprint density at radius 3 is 2.04 bits per heavy atom. The molecule has 5 nitrogen and oxygen atoms in total. The van der Waals surface area contributed by atoms with E-state index in [1.165, 1.54) is 32.1 Å². The Bertz CT molecular complexity index is 490. The van der Waals surface area contributed by atoms with Gasteiger partial charge in [0.2, 0.25) is 0 Å². The lowest BCUT2D eigenvalue weighted by Gasteiger charge is -2.45. The SMILES string of the molecule is CCNCC1CCN(S(=O)(=O)N2CCC3(CCCCC3)CC2)CC1.Cl. The molecule has 0 aromatic rings. The van der Waals surface area contributed by atoms with Gasteiger partial charge in [0, 0.05) is 26.2 Å². The predicted molar refractivity (Wildman–Crippen MR) is 105 cm³/mol. The molecule has 0 aromatic heterocycles. The van der Waals surface area contributed by atoms with E-state index < -0.39 is 10.2 Å². The maximum Gasteiger partial charge on any atom is 0.281 e.